The van der Waals surface area contributed by atoms with Crippen molar-refractivity contribution in [3.63, 3.8) is 0 Å². The second-order valence-corrected chi connectivity index (χ2v) is 4.16. The molecule has 0 amide bonds. The van der Waals surface area contributed by atoms with Gasteiger partial charge in [0.2, 0.25) is 5.88 Å². The van der Waals surface area contributed by atoms with E-state index >= 15 is 0 Å². The van der Waals surface area contributed by atoms with Gasteiger partial charge in [0.25, 0.3) is 11.1 Å². The maximum absolute atomic E-state index is 11.9. The number of nitrogens with one attached hydrogen (secondary N) is 2. The molecule has 0 aliphatic carbocycles. The second kappa shape index (κ2) is 5.07. The summed E-state index contributed by atoms with van der Waals surface area (Å²) in [5.74, 6) is -0.576. The van der Waals surface area contributed by atoms with Gasteiger partial charge in [0, 0.05) is 26.5 Å². The Hall–Kier alpha value is -3.17. The van der Waals surface area contributed by atoms with Crippen LogP contribution < -0.4 is 22.5 Å². The average Bonchev–Trinajstić information content (AvgIpc) is 2.45. The first kappa shape index (κ1) is 14.2. The van der Waals surface area contributed by atoms with E-state index in [1.807, 2.05) is 4.98 Å². The third kappa shape index (κ3) is 2.45. The van der Waals surface area contributed by atoms with E-state index in [1.54, 1.807) is 0 Å². The lowest BCUT2D eigenvalue weighted by molar-refractivity contribution is 0.410. The van der Waals surface area contributed by atoms with Gasteiger partial charge in [-0.3, -0.25) is 23.7 Å². The number of H-pyrrole nitrogens is 2. The number of rotatable bonds is 2. The highest BCUT2D eigenvalue weighted by Crippen LogP contribution is 2.07. The molecule has 0 aromatic carbocycles. The highest BCUT2D eigenvalue weighted by molar-refractivity contribution is 5.83. The van der Waals surface area contributed by atoms with Crippen molar-refractivity contribution >= 4 is 11.9 Å². The Bertz CT molecular complexity index is 959. The zero-order valence-electron chi connectivity index (χ0n) is 11.1. The highest BCUT2D eigenvalue weighted by atomic mass is 16.3. The van der Waals surface area contributed by atoms with E-state index in [9.17, 15) is 24.3 Å². The summed E-state index contributed by atoms with van der Waals surface area (Å²) in [7, 11) is 2.52. The van der Waals surface area contributed by atoms with Crippen molar-refractivity contribution in [1.29, 1.82) is 0 Å². The largest absolute Gasteiger partial charge is 0.494 e. The van der Waals surface area contributed by atoms with Gasteiger partial charge in [-0.15, -0.1) is 0 Å². The first-order chi connectivity index (χ1) is 9.82. The standard InChI is InChI=1S/C11H11N5O5/c1-15-8(18)5(9(19)16(2)11(15)21)3-12-6-4-13-10(20)14-7(6)17/h3-4,18H,1-2H3,(H2,13,14,17,20). The van der Waals surface area contributed by atoms with E-state index < -0.39 is 28.4 Å². The van der Waals surface area contributed by atoms with Crippen LogP contribution in [0.15, 0.2) is 30.4 Å². The molecule has 0 radical (unpaired) electrons. The van der Waals surface area contributed by atoms with Crippen LogP contribution in [0, 0.1) is 0 Å². The van der Waals surface area contributed by atoms with Crippen molar-refractivity contribution in [3.8, 4) is 5.88 Å². The minimum atomic E-state index is -0.764. The fourth-order valence-corrected chi connectivity index (χ4v) is 1.61. The summed E-state index contributed by atoms with van der Waals surface area (Å²) in [6.07, 6.45) is 2.00. The summed E-state index contributed by atoms with van der Waals surface area (Å²) < 4.78 is 1.65. The van der Waals surface area contributed by atoms with E-state index in [2.05, 4.69) is 9.98 Å². The molecule has 0 atom stereocenters. The fourth-order valence-electron chi connectivity index (χ4n) is 1.61. The predicted octanol–water partition coefficient (Wildman–Crippen LogP) is -2.08. The Labute approximate surface area is 115 Å². The van der Waals surface area contributed by atoms with E-state index in [0.717, 1.165) is 21.5 Å². The summed E-state index contributed by atoms with van der Waals surface area (Å²) in [5, 5.41) is 9.79. The molecule has 0 fully saturated rings. The van der Waals surface area contributed by atoms with Crippen LogP contribution in [0.25, 0.3) is 0 Å². The molecule has 0 aliphatic heterocycles. The SMILES string of the molecule is Cn1c(O)c(C=Nc2c[nH]c(=O)[nH]c2=O)c(=O)n(C)c1=O. The summed E-state index contributed by atoms with van der Waals surface area (Å²) in [4.78, 5) is 53.6. The van der Waals surface area contributed by atoms with Crippen LogP contribution in [0.3, 0.4) is 0 Å². The minimum absolute atomic E-state index is 0.162. The summed E-state index contributed by atoms with van der Waals surface area (Å²) >= 11 is 0. The Morgan fingerprint density at radius 2 is 1.86 bits per heavy atom. The first-order valence-corrected chi connectivity index (χ1v) is 5.68. The van der Waals surface area contributed by atoms with Crippen LogP contribution in [-0.4, -0.2) is 30.4 Å². The van der Waals surface area contributed by atoms with Crippen LogP contribution in [0.4, 0.5) is 5.69 Å². The average molecular weight is 293 g/mol. The van der Waals surface area contributed by atoms with Gasteiger partial charge in [0.15, 0.2) is 0 Å². The lowest BCUT2D eigenvalue weighted by atomic mass is 10.3. The smallest absolute Gasteiger partial charge is 0.333 e. The molecule has 0 saturated heterocycles. The highest BCUT2D eigenvalue weighted by Gasteiger charge is 2.13. The van der Waals surface area contributed by atoms with Crippen molar-refractivity contribution in [2.45, 2.75) is 0 Å². The van der Waals surface area contributed by atoms with Gasteiger partial charge in [-0.05, 0) is 0 Å². The van der Waals surface area contributed by atoms with E-state index in [-0.39, 0.29) is 11.3 Å². The molecule has 0 spiro atoms. The van der Waals surface area contributed by atoms with E-state index in [1.165, 1.54) is 14.1 Å². The monoisotopic (exact) mass is 293 g/mol. The number of hydrogen-bond acceptors (Lipinski definition) is 6. The molecular weight excluding hydrogens is 282 g/mol. The Kier molecular flexibility index (Phi) is 3.44. The van der Waals surface area contributed by atoms with Crippen molar-refractivity contribution in [3.05, 3.63) is 53.4 Å². The first-order valence-electron chi connectivity index (χ1n) is 5.68. The Morgan fingerprint density at radius 1 is 1.19 bits per heavy atom. The van der Waals surface area contributed by atoms with Gasteiger partial charge in [-0.25, -0.2) is 14.6 Å². The van der Waals surface area contributed by atoms with E-state index in [0.29, 0.717) is 0 Å². The van der Waals surface area contributed by atoms with Crippen LogP contribution in [0.2, 0.25) is 0 Å². The Morgan fingerprint density at radius 3 is 2.48 bits per heavy atom. The zero-order chi connectivity index (χ0) is 15.7. The Balaban J connectivity index is 2.62. The molecule has 2 aromatic rings. The number of hydrogen-bond donors (Lipinski definition) is 3. The molecule has 10 heteroatoms. The molecule has 0 unspecified atom stereocenters. The summed E-state index contributed by atoms with van der Waals surface area (Å²) in [5.41, 5.74) is -3.33. The van der Waals surface area contributed by atoms with E-state index in [4.69, 9.17) is 0 Å². The van der Waals surface area contributed by atoms with Gasteiger partial charge in [0.05, 0.1) is 0 Å². The van der Waals surface area contributed by atoms with Crippen molar-refractivity contribution in [2.24, 2.45) is 19.1 Å². The minimum Gasteiger partial charge on any atom is -0.494 e. The van der Waals surface area contributed by atoms with Gasteiger partial charge < -0.3 is 10.1 Å². The summed E-state index contributed by atoms with van der Waals surface area (Å²) in [6, 6.07) is 0. The van der Waals surface area contributed by atoms with Gasteiger partial charge in [-0.2, -0.15) is 0 Å². The van der Waals surface area contributed by atoms with Crippen LogP contribution in [-0.2, 0) is 14.1 Å². The number of nitrogens with zero attached hydrogens (tertiary/aromatic N) is 3. The number of aromatic amines is 2. The van der Waals surface area contributed by atoms with Gasteiger partial charge in [0.1, 0.15) is 11.3 Å². The third-order valence-corrected chi connectivity index (χ3v) is 2.80. The molecule has 2 aromatic heterocycles. The predicted molar refractivity (Wildman–Crippen MR) is 73.5 cm³/mol. The van der Waals surface area contributed by atoms with Crippen LogP contribution in [0.1, 0.15) is 5.56 Å². The van der Waals surface area contributed by atoms with Gasteiger partial charge in [-0.1, -0.05) is 0 Å². The molecule has 0 bridgehead atoms. The maximum atomic E-state index is 11.9. The molecule has 2 rings (SSSR count). The molecule has 0 saturated carbocycles. The molecule has 110 valence electrons. The molecule has 10 nitrogen and oxygen atoms in total. The van der Waals surface area contributed by atoms with Crippen molar-refractivity contribution < 1.29 is 5.11 Å². The second-order valence-electron chi connectivity index (χ2n) is 4.16. The topological polar surface area (TPSA) is 142 Å². The fraction of sp³-hybridized carbons (Fsp3) is 0.182. The zero-order valence-corrected chi connectivity index (χ0v) is 11.1. The third-order valence-electron chi connectivity index (χ3n) is 2.80. The van der Waals surface area contributed by atoms with Crippen molar-refractivity contribution in [1.82, 2.24) is 19.1 Å². The molecular formula is C11H11N5O5. The van der Waals surface area contributed by atoms with Crippen LogP contribution in [0.5, 0.6) is 5.88 Å². The van der Waals surface area contributed by atoms with Gasteiger partial charge >= 0.3 is 11.4 Å². The molecule has 21 heavy (non-hydrogen) atoms. The lowest BCUT2D eigenvalue weighted by Crippen LogP contribution is -2.38. The van der Waals surface area contributed by atoms with Crippen molar-refractivity contribution in [2.75, 3.05) is 0 Å². The number of aliphatic imine (C=N–C) groups is 1. The quantitative estimate of drug-likeness (QED) is 0.544. The lowest BCUT2D eigenvalue weighted by Gasteiger charge is -2.06. The number of aromatic hydroxyl groups is 1. The van der Waals surface area contributed by atoms with Crippen LogP contribution >= 0.6 is 0 Å². The normalized spacial score (nSPS) is 11.1. The molecule has 3 N–H and O–H groups in total. The maximum Gasteiger partial charge on any atom is 0.333 e. The molecule has 2 heterocycles. The summed E-state index contributed by atoms with van der Waals surface area (Å²) in [6.45, 7) is 0. The molecule has 0 aliphatic rings. The number of aromatic nitrogens is 4.